The van der Waals surface area contributed by atoms with Crippen molar-refractivity contribution >= 4 is 0 Å². The van der Waals surface area contributed by atoms with Gasteiger partial charge in [0, 0.05) is 0 Å². The molecule has 70 valence electrons. The molecule has 1 heteroatoms. The van der Waals surface area contributed by atoms with Crippen LogP contribution in [0.25, 0.3) is 0 Å². The van der Waals surface area contributed by atoms with Gasteiger partial charge in [0.25, 0.3) is 0 Å². The Morgan fingerprint density at radius 2 is 1.92 bits per heavy atom. The third kappa shape index (κ3) is 1.81. The van der Waals surface area contributed by atoms with E-state index in [1.807, 2.05) is 38.1 Å². The highest BCUT2D eigenvalue weighted by molar-refractivity contribution is 5.36. The molecule has 1 aromatic rings. The first-order chi connectivity index (χ1) is 5.96. The third-order valence-electron chi connectivity index (χ3n) is 2.50. The van der Waals surface area contributed by atoms with Crippen molar-refractivity contribution in [2.24, 2.45) is 0 Å². The normalized spacial score (nSPS) is 15.1. The lowest BCUT2D eigenvalue weighted by Crippen LogP contribution is -2.23. The first kappa shape index (κ1) is 10.0. The van der Waals surface area contributed by atoms with E-state index in [-0.39, 0.29) is 0 Å². The largest absolute Gasteiger partial charge is 0.381 e. The summed E-state index contributed by atoms with van der Waals surface area (Å²) in [7, 11) is 0. The highest BCUT2D eigenvalue weighted by Gasteiger charge is 2.24. The molecule has 0 radical (unpaired) electrons. The SMILES string of the molecule is C=C(C)C(C)(O)c1ccccc1C. The standard InChI is InChI=1S/C12H16O/c1-9(2)12(4,13)11-8-6-5-7-10(11)3/h5-8,13H,1H2,2-4H3. The average molecular weight is 176 g/mol. The fraction of sp³-hybridized carbons (Fsp3) is 0.333. The second kappa shape index (κ2) is 3.35. The summed E-state index contributed by atoms with van der Waals surface area (Å²) in [6.45, 7) is 9.40. The highest BCUT2D eigenvalue weighted by atomic mass is 16.3. The van der Waals surface area contributed by atoms with Crippen molar-refractivity contribution in [3.8, 4) is 0 Å². The molecule has 0 aliphatic rings. The van der Waals surface area contributed by atoms with Crippen LogP contribution in [-0.4, -0.2) is 5.11 Å². The predicted octanol–water partition coefficient (Wildman–Crippen LogP) is 2.78. The number of aryl methyl sites for hydroxylation is 1. The van der Waals surface area contributed by atoms with Gasteiger partial charge in [0.05, 0.1) is 0 Å². The maximum absolute atomic E-state index is 10.1. The number of benzene rings is 1. The molecule has 13 heavy (non-hydrogen) atoms. The van der Waals surface area contributed by atoms with Crippen LogP contribution < -0.4 is 0 Å². The van der Waals surface area contributed by atoms with Crippen molar-refractivity contribution in [3.63, 3.8) is 0 Å². The Morgan fingerprint density at radius 3 is 2.38 bits per heavy atom. The van der Waals surface area contributed by atoms with Crippen molar-refractivity contribution in [1.82, 2.24) is 0 Å². The molecule has 0 saturated heterocycles. The summed E-state index contributed by atoms with van der Waals surface area (Å²) in [5, 5.41) is 10.1. The molecule has 0 bridgehead atoms. The van der Waals surface area contributed by atoms with Crippen LogP contribution in [0.1, 0.15) is 25.0 Å². The van der Waals surface area contributed by atoms with E-state index in [1.54, 1.807) is 6.92 Å². The molecular weight excluding hydrogens is 160 g/mol. The van der Waals surface area contributed by atoms with E-state index in [0.717, 1.165) is 16.7 Å². The van der Waals surface area contributed by atoms with E-state index in [1.165, 1.54) is 0 Å². The Kier molecular flexibility index (Phi) is 2.58. The van der Waals surface area contributed by atoms with Gasteiger partial charge in [-0.1, -0.05) is 30.8 Å². The minimum absolute atomic E-state index is 0.766. The van der Waals surface area contributed by atoms with Crippen molar-refractivity contribution in [2.75, 3.05) is 0 Å². The quantitative estimate of drug-likeness (QED) is 0.687. The molecule has 0 amide bonds. The molecule has 0 aliphatic heterocycles. The minimum atomic E-state index is -0.911. The Bertz CT molecular complexity index is 324. The fourth-order valence-corrected chi connectivity index (χ4v) is 1.35. The van der Waals surface area contributed by atoms with Gasteiger partial charge in [-0.15, -0.1) is 0 Å². The van der Waals surface area contributed by atoms with E-state index < -0.39 is 5.60 Å². The van der Waals surface area contributed by atoms with Gasteiger partial charge in [-0.05, 0) is 37.5 Å². The number of aliphatic hydroxyl groups is 1. The van der Waals surface area contributed by atoms with Crippen molar-refractivity contribution in [1.29, 1.82) is 0 Å². The number of rotatable bonds is 2. The monoisotopic (exact) mass is 176 g/mol. The fourth-order valence-electron chi connectivity index (χ4n) is 1.35. The van der Waals surface area contributed by atoms with E-state index in [9.17, 15) is 5.11 Å². The summed E-state index contributed by atoms with van der Waals surface area (Å²) < 4.78 is 0. The van der Waals surface area contributed by atoms with E-state index in [0.29, 0.717) is 0 Å². The maximum atomic E-state index is 10.1. The first-order valence-electron chi connectivity index (χ1n) is 4.40. The molecule has 0 spiro atoms. The van der Waals surface area contributed by atoms with Crippen molar-refractivity contribution in [2.45, 2.75) is 26.4 Å². The Labute approximate surface area is 79.7 Å². The van der Waals surface area contributed by atoms with Gasteiger partial charge >= 0.3 is 0 Å². The molecule has 1 aromatic carbocycles. The summed E-state index contributed by atoms with van der Waals surface area (Å²) in [6.07, 6.45) is 0. The van der Waals surface area contributed by atoms with Gasteiger partial charge in [-0.3, -0.25) is 0 Å². The molecule has 1 nitrogen and oxygen atoms in total. The third-order valence-corrected chi connectivity index (χ3v) is 2.50. The second-order valence-electron chi connectivity index (χ2n) is 3.67. The predicted molar refractivity (Wildman–Crippen MR) is 55.6 cm³/mol. The minimum Gasteiger partial charge on any atom is -0.381 e. The van der Waals surface area contributed by atoms with Crippen LogP contribution in [0.4, 0.5) is 0 Å². The van der Waals surface area contributed by atoms with Gasteiger partial charge < -0.3 is 5.11 Å². The Balaban J connectivity index is 3.22. The topological polar surface area (TPSA) is 20.2 Å². The lowest BCUT2D eigenvalue weighted by atomic mass is 9.87. The molecule has 1 unspecified atom stereocenters. The van der Waals surface area contributed by atoms with Crippen LogP contribution in [0.3, 0.4) is 0 Å². The van der Waals surface area contributed by atoms with Crippen molar-refractivity contribution < 1.29 is 5.11 Å². The van der Waals surface area contributed by atoms with Gasteiger partial charge in [0.1, 0.15) is 5.60 Å². The Hall–Kier alpha value is -1.08. The van der Waals surface area contributed by atoms with Crippen LogP contribution in [0, 0.1) is 6.92 Å². The zero-order chi connectivity index (χ0) is 10.1. The molecule has 0 saturated carbocycles. The van der Waals surface area contributed by atoms with E-state index >= 15 is 0 Å². The van der Waals surface area contributed by atoms with Gasteiger partial charge in [0.15, 0.2) is 0 Å². The van der Waals surface area contributed by atoms with Crippen LogP contribution in [-0.2, 0) is 5.60 Å². The molecule has 1 N–H and O–H groups in total. The summed E-state index contributed by atoms with van der Waals surface area (Å²) >= 11 is 0. The maximum Gasteiger partial charge on any atom is 0.108 e. The van der Waals surface area contributed by atoms with E-state index in [2.05, 4.69) is 6.58 Å². The van der Waals surface area contributed by atoms with Gasteiger partial charge in [-0.25, -0.2) is 0 Å². The van der Waals surface area contributed by atoms with Crippen LogP contribution in [0.15, 0.2) is 36.4 Å². The first-order valence-corrected chi connectivity index (χ1v) is 4.40. The van der Waals surface area contributed by atoms with Crippen LogP contribution in [0.2, 0.25) is 0 Å². The average Bonchev–Trinajstić information content (AvgIpc) is 2.04. The Morgan fingerprint density at radius 1 is 1.38 bits per heavy atom. The molecule has 1 rings (SSSR count). The molecule has 0 heterocycles. The van der Waals surface area contributed by atoms with Gasteiger partial charge in [-0.2, -0.15) is 0 Å². The van der Waals surface area contributed by atoms with Crippen LogP contribution >= 0.6 is 0 Å². The molecule has 0 fully saturated rings. The number of hydrogen-bond donors (Lipinski definition) is 1. The highest BCUT2D eigenvalue weighted by Crippen LogP contribution is 2.29. The molecule has 1 atom stereocenters. The summed E-state index contributed by atoms with van der Waals surface area (Å²) in [5.41, 5.74) is 1.88. The molecule has 0 aliphatic carbocycles. The van der Waals surface area contributed by atoms with E-state index in [4.69, 9.17) is 0 Å². The number of hydrogen-bond acceptors (Lipinski definition) is 1. The lowest BCUT2D eigenvalue weighted by molar-refractivity contribution is 0.0974. The second-order valence-corrected chi connectivity index (χ2v) is 3.67. The summed E-state index contributed by atoms with van der Waals surface area (Å²) in [4.78, 5) is 0. The summed E-state index contributed by atoms with van der Waals surface area (Å²) in [5.74, 6) is 0. The van der Waals surface area contributed by atoms with Crippen molar-refractivity contribution in [3.05, 3.63) is 47.5 Å². The zero-order valence-corrected chi connectivity index (χ0v) is 8.46. The zero-order valence-electron chi connectivity index (χ0n) is 8.46. The summed E-state index contributed by atoms with van der Waals surface area (Å²) in [6, 6.07) is 7.82. The lowest BCUT2D eigenvalue weighted by Gasteiger charge is -2.25. The molecular formula is C12H16O. The van der Waals surface area contributed by atoms with Crippen LogP contribution in [0.5, 0.6) is 0 Å². The molecule has 0 aromatic heterocycles. The van der Waals surface area contributed by atoms with Gasteiger partial charge in [0.2, 0.25) is 0 Å². The smallest absolute Gasteiger partial charge is 0.108 e.